The third-order valence-electron chi connectivity index (χ3n) is 2.29. The Labute approximate surface area is 86.8 Å². The molecule has 1 heterocycles. The van der Waals surface area contributed by atoms with Gasteiger partial charge in [0.2, 0.25) is 0 Å². The molecular weight excluding hydrogens is 194 g/mol. The number of hydrogen-bond donors (Lipinski definition) is 1. The first kappa shape index (κ1) is 9.58. The number of benzene rings is 1. The van der Waals surface area contributed by atoms with E-state index in [0.717, 1.165) is 16.5 Å². The Morgan fingerprint density at radius 2 is 2.13 bits per heavy atom. The molecule has 0 fully saturated rings. The van der Waals surface area contributed by atoms with Crippen molar-refractivity contribution in [3.05, 3.63) is 30.1 Å². The van der Waals surface area contributed by atoms with Gasteiger partial charge in [-0.25, -0.2) is 4.79 Å². The van der Waals surface area contributed by atoms with Crippen molar-refractivity contribution in [2.45, 2.75) is 0 Å². The quantitative estimate of drug-likeness (QED) is 0.762. The van der Waals surface area contributed by atoms with Crippen molar-refractivity contribution in [2.75, 3.05) is 14.2 Å². The molecule has 0 bridgehead atoms. The second-order valence-electron chi connectivity index (χ2n) is 3.11. The Morgan fingerprint density at radius 3 is 2.80 bits per heavy atom. The van der Waals surface area contributed by atoms with Gasteiger partial charge in [-0.1, -0.05) is 0 Å². The van der Waals surface area contributed by atoms with Gasteiger partial charge in [-0.15, -0.1) is 0 Å². The molecule has 0 spiro atoms. The number of carbonyl (C=O) groups excluding carboxylic acids is 1. The fourth-order valence-corrected chi connectivity index (χ4v) is 1.51. The number of esters is 1. The molecule has 4 heteroatoms. The van der Waals surface area contributed by atoms with Gasteiger partial charge in [-0.3, -0.25) is 0 Å². The first-order valence-electron chi connectivity index (χ1n) is 4.49. The molecule has 0 aliphatic rings. The number of aromatic amines is 1. The van der Waals surface area contributed by atoms with Gasteiger partial charge in [0.1, 0.15) is 11.4 Å². The summed E-state index contributed by atoms with van der Waals surface area (Å²) in [7, 11) is 2.97. The van der Waals surface area contributed by atoms with Gasteiger partial charge in [0, 0.05) is 17.0 Å². The summed E-state index contributed by atoms with van der Waals surface area (Å²) in [6, 6.07) is 5.50. The Bertz CT molecular complexity index is 502. The number of H-pyrrole nitrogens is 1. The molecular formula is C11H11NO3. The molecule has 15 heavy (non-hydrogen) atoms. The summed E-state index contributed by atoms with van der Waals surface area (Å²) in [6.07, 6.45) is 1.75. The molecule has 1 N–H and O–H groups in total. The minimum atomic E-state index is -0.366. The van der Waals surface area contributed by atoms with Crippen molar-refractivity contribution in [3.8, 4) is 5.75 Å². The summed E-state index contributed by atoms with van der Waals surface area (Å²) < 4.78 is 9.75. The number of hydrogen-bond acceptors (Lipinski definition) is 3. The van der Waals surface area contributed by atoms with Crippen LogP contribution in [0.3, 0.4) is 0 Å². The zero-order valence-corrected chi connectivity index (χ0v) is 8.53. The van der Waals surface area contributed by atoms with Crippen molar-refractivity contribution in [1.29, 1.82) is 0 Å². The van der Waals surface area contributed by atoms with E-state index in [4.69, 9.17) is 4.74 Å². The minimum Gasteiger partial charge on any atom is -0.497 e. The van der Waals surface area contributed by atoms with E-state index in [0.29, 0.717) is 5.69 Å². The van der Waals surface area contributed by atoms with Gasteiger partial charge in [-0.05, 0) is 18.2 Å². The lowest BCUT2D eigenvalue weighted by atomic mass is 10.2. The van der Waals surface area contributed by atoms with Crippen LogP contribution in [0.25, 0.3) is 10.8 Å². The van der Waals surface area contributed by atoms with Crippen LogP contribution in [-0.2, 0) is 4.74 Å². The van der Waals surface area contributed by atoms with Gasteiger partial charge in [-0.2, -0.15) is 0 Å². The molecule has 4 nitrogen and oxygen atoms in total. The first-order valence-corrected chi connectivity index (χ1v) is 4.49. The summed E-state index contributed by atoms with van der Waals surface area (Å²) in [5.41, 5.74) is 0.468. The van der Waals surface area contributed by atoms with E-state index >= 15 is 0 Å². The van der Waals surface area contributed by atoms with Crippen molar-refractivity contribution < 1.29 is 14.3 Å². The predicted molar refractivity (Wildman–Crippen MR) is 56.2 cm³/mol. The van der Waals surface area contributed by atoms with E-state index < -0.39 is 0 Å². The molecule has 1 aromatic carbocycles. The van der Waals surface area contributed by atoms with Crippen molar-refractivity contribution in [3.63, 3.8) is 0 Å². The van der Waals surface area contributed by atoms with Crippen LogP contribution in [0.2, 0.25) is 0 Å². The van der Waals surface area contributed by atoms with Gasteiger partial charge in [0.15, 0.2) is 0 Å². The summed E-state index contributed by atoms with van der Waals surface area (Å²) >= 11 is 0. The first-order chi connectivity index (χ1) is 7.26. The SMILES string of the molecule is COC(=O)c1[nH]cc2cc(OC)ccc12. The highest BCUT2D eigenvalue weighted by atomic mass is 16.5. The van der Waals surface area contributed by atoms with E-state index in [9.17, 15) is 4.79 Å². The summed E-state index contributed by atoms with van der Waals surface area (Å²) in [5, 5.41) is 1.76. The minimum absolute atomic E-state index is 0.366. The van der Waals surface area contributed by atoms with Crippen LogP contribution < -0.4 is 4.74 Å². The van der Waals surface area contributed by atoms with Crippen LogP contribution in [0.15, 0.2) is 24.4 Å². The number of methoxy groups -OCH3 is 2. The third kappa shape index (κ3) is 1.54. The van der Waals surface area contributed by atoms with Crippen LogP contribution in [0.4, 0.5) is 0 Å². The summed E-state index contributed by atoms with van der Waals surface area (Å²) in [5.74, 6) is 0.396. The van der Waals surface area contributed by atoms with Crippen molar-refractivity contribution in [2.24, 2.45) is 0 Å². The van der Waals surface area contributed by atoms with E-state index in [2.05, 4.69) is 9.72 Å². The lowest BCUT2D eigenvalue weighted by molar-refractivity contribution is 0.0597. The van der Waals surface area contributed by atoms with Gasteiger partial charge in [0.05, 0.1) is 14.2 Å². The molecule has 0 aliphatic carbocycles. The monoisotopic (exact) mass is 205 g/mol. The maximum absolute atomic E-state index is 11.4. The predicted octanol–water partition coefficient (Wildman–Crippen LogP) is 1.96. The lowest BCUT2D eigenvalue weighted by Crippen LogP contribution is -2.01. The second-order valence-corrected chi connectivity index (χ2v) is 3.11. The fraction of sp³-hybridized carbons (Fsp3) is 0.182. The molecule has 0 saturated carbocycles. The van der Waals surface area contributed by atoms with Crippen LogP contribution in [0.5, 0.6) is 5.75 Å². The van der Waals surface area contributed by atoms with Crippen LogP contribution >= 0.6 is 0 Å². The average molecular weight is 205 g/mol. The molecule has 2 rings (SSSR count). The zero-order valence-electron chi connectivity index (χ0n) is 8.53. The number of carbonyl (C=O) groups is 1. The molecule has 0 saturated heterocycles. The molecule has 0 radical (unpaired) electrons. The number of fused-ring (bicyclic) bond motifs is 1. The normalized spacial score (nSPS) is 10.3. The molecule has 0 unspecified atom stereocenters. The fourth-order valence-electron chi connectivity index (χ4n) is 1.51. The molecule has 0 amide bonds. The van der Waals surface area contributed by atoms with Gasteiger partial charge in [0.25, 0.3) is 0 Å². The van der Waals surface area contributed by atoms with Crippen LogP contribution in [0.1, 0.15) is 10.5 Å². The highest BCUT2D eigenvalue weighted by molar-refractivity contribution is 6.03. The maximum atomic E-state index is 11.4. The molecule has 2 aromatic rings. The standard InChI is InChI=1S/C11H11NO3/c1-14-8-3-4-9-7(5-8)6-12-10(9)11(13)15-2/h3-6,12H,1-2H3. The van der Waals surface area contributed by atoms with Crippen molar-refractivity contribution in [1.82, 2.24) is 4.98 Å². The highest BCUT2D eigenvalue weighted by Gasteiger charge is 2.12. The van der Waals surface area contributed by atoms with E-state index in [1.807, 2.05) is 18.2 Å². The second kappa shape index (κ2) is 3.65. The van der Waals surface area contributed by atoms with E-state index in [1.54, 1.807) is 13.3 Å². The Kier molecular flexibility index (Phi) is 2.33. The molecule has 0 aliphatic heterocycles. The molecule has 78 valence electrons. The van der Waals surface area contributed by atoms with Crippen molar-refractivity contribution >= 4 is 16.7 Å². The van der Waals surface area contributed by atoms with E-state index in [1.165, 1.54) is 7.11 Å². The van der Waals surface area contributed by atoms with Crippen LogP contribution in [0, 0.1) is 0 Å². The largest absolute Gasteiger partial charge is 0.497 e. The highest BCUT2D eigenvalue weighted by Crippen LogP contribution is 2.23. The smallest absolute Gasteiger partial charge is 0.355 e. The average Bonchev–Trinajstić information content (AvgIpc) is 2.70. The Balaban J connectivity index is 2.57. The Morgan fingerprint density at radius 1 is 1.33 bits per heavy atom. The molecule has 0 atom stereocenters. The number of nitrogens with one attached hydrogen (secondary N) is 1. The summed E-state index contributed by atoms with van der Waals surface area (Å²) in [4.78, 5) is 14.2. The van der Waals surface area contributed by atoms with Gasteiger partial charge >= 0.3 is 5.97 Å². The number of aromatic nitrogens is 1. The number of ether oxygens (including phenoxy) is 2. The summed E-state index contributed by atoms with van der Waals surface area (Å²) in [6.45, 7) is 0. The van der Waals surface area contributed by atoms with Crippen LogP contribution in [-0.4, -0.2) is 25.2 Å². The third-order valence-corrected chi connectivity index (χ3v) is 2.29. The number of rotatable bonds is 2. The maximum Gasteiger partial charge on any atom is 0.355 e. The topological polar surface area (TPSA) is 51.3 Å². The zero-order chi connectivity index (χ0) is 10.8. The van der Waals surface area contributed by atoms with E-state index in [-0.39, 0.29) is 5.97 Å². The Hall–Kier alpha value is -1.97. The molecule has 1 aromatic heterocycles. The van der Waals surface area contributed by atoms with Gasteiger partial charge < -0.3 is 14.5 Å². The lowest BCUT2D eigenvalue weighted by Gasteiger charge is -1.99.